The fourth-order valence-electron chi connectivity index (χ4n) is 2.73. The van der Waals surface area contributed by atoms with Crippen LogP contribution in [0.2, 0.25) is 0 Å². The summed E-state index contributed by atoms with van der Waals surface area (Å²) in [5, 5.41) is 4.20. The van der Waals surface area contributed by atoms with Crippen LogP contribution in [0.5, 0.6) is 0 Å². The molecule has 0 saturated heterocycles. The number of para-hydroxylation sites is 1. The van der Waals surface area contributed by atoms with Gasteiger partial charge in [0.15, 0.2) is 6.29 Å². The minimum Gasteiger partial charge on any atom is -0.343 e. The molecule has 1 aromatic carbocycles. The molecule has 0 bridgehead atoms. The lowest BCUT2D eigenvalue weighted by atomic mass is 10.1. The Morgan fingerprint density at radius 1 is 1.28 bits per heavy atom. The van der Waals surface area contributed by atoms with Crippen molar-refractivity contribution in [2.45, 2.75) is 13.0 Å². The molecule has 0 fully saturated rings. The first-order chi connectivity index (χ1) is 8.83. The molecule has 4 nitrogen and oxygen atoms in total. The molecule has 0 spiro atoms. The SMILES string of the molecule is O=CC(=O)c1c2n(c3ccccc13)CCNCC2. The maximum Gasteiger partial charge on any atom is 0.227 e. The Balaban J connectivity index is 2.34. The van der Waals surface area contributed by atoms with Crippen LogP contribution in [0.25, 0.3) is 10.9 Å². The van der Waals surface area contributed by atoms with E-state index in [-0.39, 0.29) is 0 Å². The molecule has 92 valence electrons. The highest BCUT2D eigenvalue weighted by atomic mass is 16.2. The molecule has 0 amide bonds. The van der Waals surface area contributed by atoms with Gasteiger partial charge in [-0.25, -0.2) is 0 Å². The second kappa shape index (κ2) is 4.38. The number of nitrogens with one attached hydrogen (secondary N) is 1. The summed E-state index contributed by atoms with van der Waals surface area (Å²) in [5.74, 6) is -0.415. The van der Waals surface area contributed by atoms with Gasteiger partial charge in [-0.1, -0.05) is 18.2 Å². The van der Waals surface area contributed by atoms with Crippen LogP contribution in [-0.2, 0) is 17.8 Å². The molecule has 18 heavy (non-hydrogen) atoms. The number of carbonyl (C=O) groups excluding carboxylic acids is 2. The van der Waals surface area contributed by atoms with Crippen molar-refractivity contribution in [1.82, 2.24) is 9.88 Å². The Morgan fingerprint density at radius 2 is 2.11 bits per heavy atom. The first-order valence-corrected chi connectivity index (χ1v) is 6.13. The van der Waals surface area contributed by atoms with Crippen molar-refractivity contribution in [3.05, 3.63) is 35.5 Å². The third-order valence-electron chi connectivity index (χ3n) is 3.48. The van der Waals surface area contributed by atoms with Crippen molar-refractivity contribution in [2.75, 3.05) is 13.1 Å². The predicted molar refractivity (Wildman–Crippen MR) is 68.9 cm³/mol. The van der Waals surface area contributed by atoms with Crippen molar-refractivity contribution in [3.63, 3.8) is 0 Å². The molecule has 0 saturated carbocycles. The Morgan fingerprint density at radius 3 is 2.94 bits per heavy atom. The normalized spacial score (nSPS) is 15.1. The second-order valence-corrected chi connectivity index (χ2v) is 4.47. The molecule has 0 unspecified atom stereocenters. The average molecular weight is 242 g/mol. The number of benzene rings is 1. The highest BCUT2D eigenvalue weighted by Crippen LogP contribution is 2.27. The third kappa shape index (κ3) is 1.57. The highest BCUT2D eigenvalue weighted by Gasteiger charge is 2.22. The molecule has 3 rings (SSSR count). The van der Waals surface area contributed by atoms with Gasteiger partial charge in [-0.3, -0.25) is 9.59 Å². The fourth-order valence-corrected chi connectivity index (χ4v) is 2.73. The number of Topliss-reactive ketones (excluding diaryl/α,β-unsaturated/α-hetero) is 1. The first-order valence-electron chi connectivity index (χ1n) is 6.13. The van der Waals surface area contributed by atoms with Crippen molar-refractivity contribution in [1.29, 1.82) is 0 Å². The van der Waals surface area contributed by atoms with Crippen molar-refractivity contribution in [3.8, 4) is 0 Å². The molecule has 1 aliphatic rings. The van der Waals surface area contributed by atoms with Gasteiger partial charge in [-0.15, -0.1) is 0 Å². The zero-order valence-corrected chi connectivity index (χ0v) is 9.98. The van der Waals surface area contributed by atoms with Crippen LogP contribution in [0, 0.1) is 0 Å². The van der Waals surface area contributed by atoms with E-state index < -0.39 is 5.78 Å². The number of aromatic nitrogens is 1. The number of hydrogen-bond donors (Lipinski definition) is 1. The van der Waals surface area contributed by atoms with Gasteiger partial charge in [0.05, 0.1) is 5.56 Å². The van der Waals surface area contributed by atoms with Gasteiger partial charge in [0.1, 0.15) is 0 Å². The summed E-state index contributed by atoms with van der Waals surface area (Å²) in [6.07, 6.45) is 1.20. The Labute approximate surface area is 105 Å². The van der Waals surface area contributed by atoms with E-state index >= 15 is 0 Å². The number of aldehydes is 1. The number of ketones is 1. The topological polar surface area (TPSA) is 51.1 Å². The molecule has 2 heterocycles. The Bertz CT molecular complexity index is 628. The molecule has 0 aliphatic carbocycles. The molecule has 0 radical (unpaired) electrons. The van der Waals surface area contributed by atoms with Crippen molar-refractivity contribution >= 4 is 23.0 Å². The fraction of sp³-hybridized carbons (Fsp3) is 0.286. The third-order valence-corrected chi connectivity index (χ3v) is 3.48. The van der Waals surface area contributed by atoms with Crippen LogP contribution in [0.3, 0.4) is 0 Å². The lowest BCUT2D eigenvalue weighted by Gasteiger charge is -2.05. The monoisotopic (exact) mass is 242 g/mol. The van der Waals surface area contributed by atoms with Crippen LogP contribution in [0.4, 0.5) is 0 Å². The number of carbonyl (C=O) groups is 2. The second-order valence-electron chi connectivity index (χ2n) is 4.47. The molecule has 4 heteroatoms. The zero-order chi connectivity index (χ0) is 12.5. The first kappa shape index (κ1) is 11.2. The molecular formula is C14H14N2O2. The summed E-state index contributed by atoms with van der Waals surface area (Å²) in [4.78, 5) is 22.7. The molecule has 1 N–H and O–H groups in total. The van der Waals surface area contributed by atoms with Gasteiger partial charge in [0.2, 0.25) is 5.78 Å². The summed E-state index contributed by atoms with van der Waals surface area (Å²) in [5.41, 5.74) is 2.61. The minimum absolute atomic E-state index is 0.415. The van der Waals surface area contributed by atoms with Gasteiger partial charge in [-0.05, 0) is 6.07 Å². The van der Waals surface area contributed by atoms with Gasteiger partial charge in [0, 0.05) is 42.7 Å². The average Bonchev–Trinajstić information content (AvgIpc) is 2.57. The number of rotatable bonds is 2. The quantitative estimate of drug-likeness (QED) is 0.488. The summed E-state index contributed by atoms with van der Waals surface area (Å²) in [6, 6.07) is 7.79. The lowest BCUT2D eigenvalue weighted by molar-refractivity contribution is -0.104. The van der Waals surface area contributed by atoms with E-state index in [4.69, 9.17) is 0 Å². The van der Waals surface area contributed by atoms with Crippen LogP contribution in [0.1, 0.15) is 16.1 Å². The van der Waals surface area contributed by atoms with Crippen molar-refractivity contribution < 1.29 is 9.59 Å². The smallest absolute Gasteiger partial charge is 0.227 e. The Hall–Kier alpha value is -1.94. The van der Waals surface area contributed by atoms with Crippen LogP contribution in [-0.4, -0.2) is 29.7 Å². The van der Waals surface area contributed by atoms with E-state index in [2.05, 4.69) is 9.88 Å². The van der Waals surface area contributed by atoms with E-state index in [1.54, 1.807) is 0 Å². The van der Waals surface area contributed by atoms with Gasteiger partial charge in [-0.2, -0.15) is 0 Å². The van der Waals surface area contributed by atoms with Gasteiger partial charge >= 0.3 is 0 Å². The predicted octanol–water partition coefficient (Wildman–Crippen LogP) is 1.17. The maximum atomic E-state index is 11.9. The molecule has 1 aromatic heterocycles. The lowest BCUT2D eigenvalue weighted by Crippen LogP contribution is -2.17. The van der Waals surface area contributed by atoms with Crippen LogP contribution < -0.4 is 5.32 Å². The van der Waals surface area contributed by atoms with Crippen LogP contribution >= 0.6 is 0 Å². The van der Waals surface area contributed by atoms with Crippen molar-refractivity contribution in [2.24, 2.45) is 0 Å². The molecule has 1 aliphatic heterocycles. The molecule has 0 atom stereocenters. The largest absolute Gasteiger partial charge is 0.343 e. The zero-order valence-electron chi connectivity index (χ0n) is 9.98. The highest BCUT2D eigenvalue weighted by molar-refractivity contribution is 6.37. The van der Waals surface area contributed by atoms with E-state index in [0.717, 1.165) is 42.7 Å². The van der Waals surface area contributed by atoms with Crippen LogP contribution in [0.15, 0.2) is 24.3 Å². The molecular weight excluding hydrogens is 228 g/mol. The van der Waals surface area contributed by atoms with E-state index in [1.165, 1.54) is 0 Å². The van der Waals surface area contributed by atoms with E-state index in [1.807, 2.05) is 24.3 Å². The van der Waals surface area contributed by atoms with Gasteiger partial charge in [0.25, 0.3) is 0 Å². The molecule has 2 aromatic rings. The van der Waals surface area contributed by atoms with E-state index in [9.17, 15) is 9.59 Å². The Kier molecular flexibility index (Phi) is 2.72. The number of hydrogen-bond acceptors (Lipinski definition) is 3. The standard InChI is InChI=1S/C14H14N2O2/c17-9-13(18)14-10-3-1-2-4-11(10)16-8-7-15-6-5-12(14)16/h1-4,9,15H,5-8H2. The summed E-state index contributed by atoms with van der Waals surface area (Å²) >= 11 is 0. The minimum atomic E-state index is -0.415. The van der Waals surface area contributed by atoms with E-state index in [0.29, 0.717) is 11.8 Å². The number of fused-ring (bicyclic) bond motifs is 3. The maximum absolute atomic E-state index is 11.9. The summed E-state index contributed by atoms with van der Waals surface area (Å²) in [7, 11) is 0. The van der Waals surface area contributed by atoms with Gasteiger partial charge < -0.3 is 9.88 Å². The number of nitrogens with zero attached hydrogens (tertiary/aromatic N) is 1. The summed E-state index contributed by atoms with van der Waals surface area (Å²) < 4.78 is 2.16. The summed E-state index contributed by atoms with van der Waals surface area (Å²) in [6.45, 7) is 2.57.